The fourth-order valence-corrected chi connectivity index (χ4v) is 1.49. The van der Waals surface area contributed by atoms with Gasteiger partial charge in [-0.1, -0.05) is 32.9 Å². The Morgan fingerprint density at radius 1 is 1.21 bits per heavy atom. The van der Waals surface area contributed by atoms with E-state index in [1.807, 2.05) is 58.9 Å². The Morgan fingerprint density at radius 3 is 2.05 bits per heavy atom. The van der Waals surface area contributed by atoms with E-state index < -0.39 is 5.97 Å². The first-order valence-electron chi connectivity index (χ1n) is 6.79. The molecule has 3 heteroatoms. The lowest BCUT2D eigenvalue weighted by Gasteiger charge is -2.21. The number of rotatable bonds is 4. The summed E-state index contributed by atoms with van der Waals surface area (Å²) in [4.78, 5) is 10.7. The van der Waals surface area contributed by atoms with E-state index in [4.69, 9.17) is 9.84 Å². The van der Waals surface area contributed by atoms with Gasteiger partial charge in [0.1, 0.15) is 11.4 Å². The normalized spacial score (nSPS) is 12.1. The minimum atomic E-state index is -0.764. The van der Waals surface area contributed by atoms with Gasteiger partial charge in [-0.15, -0.1) is 0 Å². The van der Waals surface area contributed by atoms with Crippen LogP contribution in [0.15, 0.2) is 24.3 Å². The number of carbonyl (C=O) groups is 1. The molecule has 1 aromatic rings. The van der Waals surface area contributed by atoms with Crippen molar-refractivity contribution in [3.63, 3.8) is 0 Å². The number of carboxylic acids is 1. The fourth-order valence-electron chi connectivity index (χ4n) is 1.49. The van der Waals surface area contributed by atoms with E-state index in [1.54, 1.807) is 6.92 Å². The van der Waals surface area contributed by atoms with Crippen LogP contribution in [0.4, 0.5) is 0 Å². The minimum Gasteiger partial charge on any atom is -0.488 e. The predicted molar refractivity (Wildman–Crippen MR) is 78.7 cm³/mol. The maximum absolute atomic E-state index is 10.7. The predicted octanol–water partition coefficient (Wildman–Crippen LogP) is 4.15. The number of hydrogen-bond donors (Lipinski definition) is 1. The van der Waals surface area contributed by atoms with E-state index in [1.165, 1.54) is 0 Å². The molecular weight excluding hydrogens is 240 g/mol. The molecule has 1 atom stereocenters. The SMILES string of the molecule is CC.C[C@@H](Cc1ccc(OC(C)(C)C)cc1)C(=O)O. The molecule has 0 amide bonds. The van der Waals surface area contributed by atoms with E-state index in [2.05, 4.69) is 0 Å². The van der Waals surface area contributed by atoms with Gasteiger partial charge in [0.05, 0.1) is 5.92 Å². The van der Waals surface area contributed by atoms with Crippen LogP contribution in [0.2, 0.25) is 0 Å². The summed E-state index contributed by atoms with van der Waals surface area (Å²) in [5, 5.41) is 8.83. The summed E-state index contributed by atoms with van der Waals surface area (Å²) < 4.78 is 5.69. The third kappa shape index (κ3) is 7.50. The van der Waals surface area contributed by atoms with Crippen LogP contribution in [0.3, 0.4) is 0 Å². The van der Waals surface area contributed by atoms with Gasteiger partial charge in [-0.25, -0.2) is 0 Å². The highest BCUT2D eigenvalue weighted by atomic mass is 16.5. The molecule has 3 nitrogen and oxygen atoms in total. The van der Waals surface area contributed by atoms with Crippen molar-refractivity contribution < 1.29 is 14.6 Å². The molecule has 0 fully saturated rings. The van der Waals surface area contributed by atoms with Gasteiger partial charge < -0.3 is 9.84 Å². The number of benzene rings is 1. The Labute approximate surface area is 116 Å². The zero-order chi connectivity index (χ0) is 15.1. The quantitative estimate of drug-likeness (QED) is 0.890. The van der Waals surface area contributed by atoms with Crippen molar-refractivity contribution in [1.82, 2.24) is 0 Å². The first kappa shape index (κ1) is 17.5. The summed E-state index contributed by atoms with van der Waals surface area (Å²) in [6, 6.07) is 7.60. The maximum atomic E-state index is 10.7. The van der Waals surface area contributed by atoms with Crippen LogP contribution in [0.1, 0.15) is 47.1 Å². The molecule has 0 saturated carbocycles. The van der Waals surface area contributed by atoms with Crippen LogP contribution in [-0.4, -0.2) is 16.7 Å². The zero-order valence-corrected chi connectivity index (χ0v) is 12.9. The van der Waals surface area contributed by atoms with Gasteiger partial charge in [0, 0.05) is 0 Å². The second kappa shape index (κ2) is 7.82. The third-order valence-corrected chi connectivity index (χ3v) is 2.31. The molecule has 0 aromatic heterocycles. The highest BCUT2D eigenvalue weighted by Crippen LogP contribution is 2.19. The largest absolute Gasteiger partial charge is 0.488 e. The molecular formula is C16H26O3. The highest BCUT2D eigenvalue weighted by molar-refractivity contribution is 5.69. The molecule has 0 saturated heterocycles. The lowest BCUT2D eigenvalue weighted by molar-refractivity contribution is -0.141. The molecule has 0 aliphatic rings. The van der Waals surface area contributed by atoms with Crippen molar-refractivity contribution in [1.29, 1.82) is 0 Å². The molecule has 0 unspecified atom stereocenters. The first-order chi connectivity index (χ1) is 8.78. The highest BCUT2D eigenvalue weighted by Gasteiger charge is 2.13. The van der Waals surface area contributed by atoms with Crippen LogP contribution in [0.25, 0.3) is 0 Å². The summed E-state index contributed by atoms with van der Waals surface area (Å²) in [7, 11) is 0. The van der Waals surface area contributed by atoms with Gasteiger partial charge >= 0.3 is 5.97 Å². The Bertz CT molecular complexity index is 374. The van der Waals surface area contributed by atoms with Gasteiger partial charge in [0.15, 0.2) is 0 Å². The van der Waals surface area contributed by atoms with Crippen molar-refractivity contribution in [3.05, 3.63) is 29.8 Å². The summed E-state index contributed by atoms with van der Waals surface area (Å²) in [5.74, 6) is -0.311. The van der Waals surface area contributed by atoms with E-state index in [-0.39, 0.29) is 11.5 Å². The van der Waals surface area contributed by atoms with Crippen molar-refractivity contribution in [2.75, 3.05) is 0 Å². The number of carboxylic acid groups (broad SMARTS) is 1. The van der Waals surface area contributed by atoms with E-state index >= 15 is 0 Å². The molecule has 1 aromatic carbocycles. The van der Waals surface area contributed by atoms with Crippen molar-refractivity contribution in [3.8, 4) is 5.75 Å². The monoisotopic (exact) mass is 266 g/mol. The topological polar surface area (TPSA) is 46.5 Å². The minimum absolute atomic E-state index is 0.212. The standard InChI is InChI=1S/C14H20O3.C2H6/c1-10(13(15)16)9-11-5-7-12(8-6-11)17-14(2,3)4;1-2/h5-8,10H,9H2,1-4H3,(H,15,16);1-2H3/t10-;/m0./s1. The molecule has 19 heavy (non-hydrogen) atoms. The summed E-state index contributed by atoms with van der Waals surface area (Å²) in [6.07, 6.45) is 0.547. The summed E-state index contributed by atoms with van der Waals surface area (Å²) in [5.41, 5.74) is 0.803. The third-order valence-electron chi connectivity index (χ3n) is 2.31. The first-order valence-corrected chi connectivity index (χ1v) is 6.79. The van der Waals surface area contributed by atoms with Crippen LogP contribution < -0.4 is 4.74 Å². The van der Waals surface area contributed by atoms with Crippen molar-refractivity contribution >= 4 is 5.97 Å². The van der Waals surface area contributed by atoms with E-state index in [9.17, 15) is 4.79 Å². The lowest BCUT2D eigenvalue weighted by Crippen LogP contribution is -2.22. The van der Waals surface area contributed by atoms with E-state index in [0.29, 0.717) is 6.42 Å². The molecule has 0 aliphatic heterocycles. The summed E-state index contributed by atoms with van der Waals surface area (Å²) in [6.45, 7) is 11.7. The molecule has 0 spiro atoms. The van der Waals surface area contributed by atoms with Gasteiger partial charge in [-0.3, -0.25) is 4.79 Å². The average Bonchev–Trinajstić information content (AvgIpc) is 2.32. The second-order valence-electron chi connectivity index (χ2n) is 5.30. The number of ether oxygens (including phenoxy) is 1. The van der Waals surface area contributed by atoms with Crippen molar-refractivity contribution in [2.24, 2.45) is 5.92 Å². The van der Waals surface area contributed by atoms with Crippen LogP contribution in [0.5, 0.6) is 5.75 Å². The Morgan fingerprint density at radius 2 is 1.68 bits per heavy atom. The van der Waals surface area contributed by atoms with Crippen LogP contribution >= 0.6 is 0 Å². The molecule has 0 heterocycles. The number of aliphatic carboxylic acids is 1. The average molecular weight is 266 g/mol. The number of hydrogen-bond acceptors (Lipinski definition) is 2. The molecule has 1 N–H and O–H groups in total. The van der Waals surface area contributed by atoms with Gasteiger partial charge in [-0.2, -0.15) is 0 Å². The summed E-state index contributed by atoms with van der Waals surface area (Å²) >= 11 is 0. The van der Waals surface area contributed by atoms with Crippen molar-refractivity contribution in [2.45, 2.75) is 53.6 Å². The Balaban J connectivity index is 0.00000154. The van der Waals surface area contributed by atoms with Crippen LogP contribution in [-0.2, 0) is 11.2 Å². The second-order valence-corrected chi connectivity index (χ2v) is 5.30. The smallest absolute Gasteiger partial charge is 0.306 e. The van der Waals surface area contributed by atoms with Gasteiger partial charge in [0.25, 0.3) is 0 Å². The maximum Gasteiger partial charge on any atom is 0.306 e. The zero-order valence-electron chi connectivity index (χ0n) is 12.9. The van der Waals surface area contributed by atoms with E-state index in [0.717, 1.165) is 11.3 Å². The fraction of sp³-hybridized carbons (Fsp3) is 0.562. The molecule has 108 valence electrons. The lowest BCUT2D eigenvalue weighted by atomic mass is 10.0. The molecule has 0 radical (unpaired) electrons. The molecule has 1 rings (SSSR count). The molecule has 0 bridgehead atoms. The Hall–Kier alpha value is -1.51. The molecule has 0 aliphatic carbocycles. The van der Waals surface area contributed by atoms with Crippen LogP contribution in [0, 0.1) is 5.92 Å². The van der Waals surface area contributed by atoms with Gasteiger partial charge in [0.2, 0.25) is 0 Å². The Kier molecular flexibility index (Phi) is 7.20. The van der Waals surface area contributed by atoms with Gasteiger partial charge in [-0.05, 0) is 44.9 Å².